The van der Waals surface area contributed by atoms with Crippen LogP contribution in [0, 0.1) is 11.6 Å². The lowest BCUT2D eigenvalue weighted by atomic mass is 10.0. The molecule has 8 heteroatoms. The zero-order chi connectivity index (χ0) is 22.5. The molecule has 1 unspecified atom stereocenters. The number of carbonyl (C=O) groups excluding carboxylic acids is 2. The molecule has 2 amide bonds. The summed E-state index contributed by atoms with van der Waals surface area (Å²) < 4.78 is 38.7. The minimum atomic E-state index is -1.37. The molecule has 162 valence electrons. The first-order chi connectivity index (χ1) is 15.5. The maximum Gasteiger partial charge on any atom is 0.290 e. The van der Waals surface area contributed by atoms with Gasteiger partial charge in [0.1, 0.15) is 23.4 Å². The van der Waals surface area contributed by atoms with Crippen LogP contribution >= 0.6 is 0 Å². The van der Waals surface area contributed by atoms with Crippen LogP contribution in [0.2, 0.25) is 0 Å². The highest BCUT2D eigenvalue weighted by atomic mass is 19.1. The fourth-order valence-corrected chi connectivity index (χ4v) is 3.28. The maximum absolute atomic E-state index is 14.8. The SMILES string of the molecule is O=C(Nc1ccc(F)cc1)C(c1ccccc1F)N(Cc1ccco1)C(=O)c1ccco1. The molecule has 6 nitrogen and oxygen atoms in total. The van der Waals surface area contributed by atoms with E-state index in [2.05, 4.69) is 5.32 Å². The number of amides is 2. The Morgan fingerprint density at radius 1 is 0.875 bits per heavy atom. The molecule has 2 heterocycles. The molecule has 0 saturated carbocycles. The first-order valence-electron chi connectivity index (χ1n) is 9.70. The van der Waals surface area contributed by atoms with Gasteiger partial charge in [-0.1, -0.05) is 18.2 Å². The molecule has 0 aliphatic heterocycles. The summed E-state index contributed by atoms with van der Waals surface area (Å²) in [5.74, 6) is -2.08. The molecule has 0 radical (unpaired) electrons. The lowest BCUT2D eigenvalue weighted by molar-refractivity contribution is -0.121. The molecular weight excluding hydrogens is 418 g/mol. The van der Waals surface area contributed by atoms with Crippen LogP contribution in [-0.2, 0) is 11.3 Å². The smallest absolute Gasteiger partial charge is 0.290 e. The summed E-state index contributed by atoms with van der Waals surface area (Å²) in [6, 6.07) is 15.7. The number of anilines is 1. The van der Waals surface area contributed by atoms with Gasteiger partial charge in [-0.05, 0) is 54.6 Å². The van der Waals surface area contributed by atoms with E-state index in [1.54, 1.807) is 18.2 Å². The van der Waals surface area contributed by atoms with Gasteiger partial charge in [0, 0.05) is 11.3 Å². The monoisotopic (exact) mass is 436 g/mol. The normalized spacial score (nSPS) is 11.7. The third-order valence-corrected chi connectivity index (χ3v) is 4.77. The summed E-state index contributed by atoms with van der Waals surface area (Å²) in [6.07, 6.45) is 2.76. The van der Waals surface area contributed by atoms with Gasteiger partial charge in [0.15, 0.2) is 5.76 Å². The molecule has 0 bridgehead atoms. The quantitative estimate of drug-likeness (QED) is 0.434. The van der Waals surface area contributed by atoms with E-state index in [-0.39, 0.29) is 17.9 Å². The summed E-state index contributed by atoms with van der Waals surface area (Å²) in [7, 11) is 0. The van der Waals surface area contributed by atoms with Crippen molar-refractivity contribution in [1.29, 1.82) is 0 Å². The second-order valence-electron chi connectivity index (χ2n) is 6.91. The number of furan rings is 2. The van der Waals surface area contributed by atoms with Crippen LogP contribution in [0.5, 0.6) is 0 Å². The lowest BCUT2D eigenvalue weighted by Gasteiger charge is -2.30. The third-order valence-electron chi connectivity index (χ3n) is 4.77. The molecule has 2 aromatic heterocycles. The molecule has 1 N–H and O–H groups in total. The highest BCUT2D eigenvalue weighted by molar-refractivity contribution is 6.00. The van der Waals surface area contributed by atoms with Gasteiger partial charge >= 0.3 is 0 Å². The Bertz CT molecular complexity index is 1190. The Hall–Kier alpha value is -4.20. The van der Waals surface area contributed by atoms with E-state index in [4.69, 9.17) is 8.83 Å². The van der Waals surface area contributed by atoms with Gasteiger partial charge in [0.25, 0.3) is 11.8 Å². The topological polar surface area (TPSA) is 75.7 Å². The summed E-state index contributed by atoms with van der Waals surface area (Å²) in [5.41, 5.74) is 0.278. The highest BCUT2D eigenvalue weighted by Crippen LogP contribution is 2.29. The zero-order valence-corrected chi connectivity index (χ0v) is 16.7. The minimum Gasteiger partial charge on any atom is -0.467 e. The molecule has 0 fully saturated rings. The van der Waals surface area contributed by atoms with Crippen molar-refractivity contribution in [1.82, 2.24) is 4.90 Å². The molecule has 4 aromatic rings. The van der Waals surface area contributed by atoms with Crippen LogP contribution in [0.1, 0.15) is 27.9 Å². The van der Waals surface area contributed by atoms with Crippen LogP contribution < -0.4 is 5.32 Å². The standard InChI is InChI=1S/C24H18F2N2O4/c25-16-9-11-17(12-10-16)27-23(29)22(19-6-1-2-7-20(19)26)28(15-18-5-3-13-31-18)24(30)21-8-4-14-32-21/h1-14,22H,15H2,(H,27,29). The number of carbonyl (C=O) groups is 2. The molecule has 0 saturated heterocycles. The van der Waals surface area contributed by atoms with E-state index in [0.717, 1.165) is 4.90 Å². The molecule has 0 aliphatic rings. The van der Waals surface area contributed by atoms with Crippen LogP contribution in [0.25, 0.3) is 0 Å². The van der Waals surface area contributed by atoms with E-state index in [1.807, 2.05) is 0 Å². The number of benzene rings is 2. The number of nitrogens with zero attached hydrogens (tertiary/aromatic N) is 1. The Kier molecular flexibility index (Phi) is 6.12. The maximum atomic E-state index is 14.8. The van der Waals surface area contributed by atoms with Gasteiger partial charge in [-0.3, -0.25) is 9.59 Å². The van der Waals surface area contributed by atoms with E-state index in [9.17, 15) is 18.4 Å². The van der Waals surface area contributed by atoms with Gasteiger partial charge < -0.3 is 19.1 Å². The summed E-state index contributed by atoms with van der Waals surface area (Å²) in [4.78, 5) is 27.8. The largest absolute Gasteiger partial charge is 0.467 e. The number of nitrogens with one attached hydrogen (secondary N) is 1. The predicted molar refractivity (Wildman–Crippen MR) is 111 cm³/mol. The van der Waals surface area contributed by atoms with Gasteiger partial charge in [0.05, 0.1) is 19.1 Å². The van der Waals surface area contributed by atoms with Crippen molar-refractivity contribution in [2.45, 2.75) is 12.6 Å². The van der Waals surface area contributed by atoms with Crippen molar-refractivity contribution in [2.75, 3.05) is 5.32 Å². The van der Waals surface area contributed by atoms with Crippen LogP contribution in [0.4, 0.5) is 14.5 Å². The molecule has 32 heavy (non-hydrogen) atoms. The minimum absolute atomic E-state index is 0.0152. The number of rotatable bonds is 7. The molecular formula is C24H18F2N2O4. The highest BCUT2D eigenvalue weighted by Gasteiger charge is 2.35. The molecule has 0 spiro atoms. The Morgan fingerprint density at radius 2 is 1.59 bits per heavy atom. The van der Waals surface area contributed by atoms with E-state index in [1.165, 1.54) is 67.1 Å². The molecule has 0 aliphatic carbocycles. The van der Waals surface area contributed by atoms with Crippen LogP contribution in [0.3, 0.4) is 0 Å². The van der Waals surface area contributed by atoms with Crippen molar-refractivity contribution in [2.24, 2.45) is 0 Å². The van der Waals surface area contributed by atoms with E-state index < -0.39 is 29.5 Å². The predicted octanol–water partition coefficient (Wildman–Crippen LogP) is 5.17. The van der Waals surface area contributed by atoms with Crippen molar-refractivity contribution in [3.63, 3.8) is 0 Å². The second kappa shape index (κ2) is 9.30. The number of hydrogen-bond acceptors (Lipinski definition) is 4. The Labute approximate surface area is 182 Å². The van der Waals surface area contributed by atoms with Gasteiger partial charge in [-0.2, -0.15) is 0 Å². The zero-order valence-electron chi connectivity index (χ0n) is 16.7. The van der Waals surface area contributed by atoms with Crippen LogP contribution in [-0.4, -0.2) is 16.7 Å². The first kappa shape index (κ1) is 21.0. The Balaban J connectivity index is 1.77. The van der Waals surface area contributed by atoms with Crippen LogP contribution in [0.15, 0.2) is 94.2 Å². The van der Waals surface area contributed by atoms with Crippen molar-refractivity contribution in [3.05, 3.63) is 114 Å². The second-order valence-corrected chi connectivity index (χ2v) is 6.91. The summed E-state index contributed by atoms with van der Waals surface area (Å²) in [6.45, 7) is -0.123. The fraction of sp³-hybridized carbons (Fsp3) is 0.0833. The first-order valence-corrected chi connectivity index (χ1v) is 9.70. The van der Waals surface area contributed by atoms with Gasteiger partial charge in [0.2, 0.25) is 0 Å². The average Bonchev–Trinajstić information content (AvgIpc) is 3.50. The number of hydrogen-bond donors (Lipinski definition) is 1. The van der Waals surface area contributed by atoms with E-state index >= 15 is 0 Å². The van der Waals surface area contributed by atoms with Crippen molar-refractivity contribution < 1.29 is 27.2 Å². The third kappa shape index (κ3) is 4.59. The van der Waals surface area contributed by atoms with Gasteiger partial charge in [-0.25, -0.2) is 8.78 Å². The summed E-state index contributed by atoms with van der Waals surface area (Å²) in [5, 5.41) is 2.63. The fourth-order valence-electron chi connectivity index (χ4n) is 3.28. The molecule has 2 aromatic carbocycles. The number of halogens is 2. The average molecular weight is 436 g/mol. The van der Waals surface area contributed by atoms with Crippen molar-refractivity contribution >= 4 is 17.5 Å². The van der Waals surface area contributed by atoms with Crippen molar-refractivity contribution in [3.8, 4) is 0 Å². The lowest BCUT2D eigenvalue weighted by Crippen LogP contribution is -2.41. The summed E-state index contributed by atoms with van der Waals surface area (Å²) >= 11 is 0. The Morgan fingerprint density at radius 3 is 2.25 bits per heavy atom. The molecule has 1 atom stereocenters. The van der Waals surface area contributed by atoms with Gasteiger partial charge in [-0.15, -0.1) is 0 Å². The molecule has 4 rings (SSSR count). The van der Waals surface area contributed by atoms with E-state index in [0.29, 0.717) is 11.4 Å².